The highest BCUT2D eigenvalue weighted by molar-refractivity contribution is 5.92. The lowest BCUT2D eigenvalue weighted by Crippen LogP contribution is -2.40. The summed E-state index contributed by atoms with van der Waals surface area (Å²) in [6.07, 6.45) is 9.16. The number of imidazole rings is 1. The lowest BCUT2D eigenvalue weighted by atomic mass is 9.99. The monoisotopic (exact) mass is 428 g/mol. The third-order valence-electron chi connectivity index (χ3n) is 5.87. The molecule has 5 aromatic heterocycles. The number of amides is 1. The lowest BCUT2D eigenvalue weighted by Gasteiger charge is -2.33. The van der Waals surface area contributed by atoms with Crippen molar-refractivity contribution in [2.75, 3.05) is 6.54 Å². The first-order valence-corrected chi connectivity index (χ1v) is 10.3. The maximum absolute atomic E-state index is 13.5. The summed E-state index contributed by atoms with van der Waals surface area (Å²) in [5, 5.41) is 8.90. The Kier molecular flexibility index (Phi) is 4.00. The number of hydrogen-bond donors (Lipinski definition) is 1. The number of carbonyl (C=O) groups is 1. The summed E-state index contributed by atoms with van der Waals surface area (Å²) in [5.41, 5.74) is 5.40. The number of aryl methyl sites for hydroxylation is 2. The zero-order valence-corrected chi connectivity index (χ0v) is 17.6. The molecule has 0 spiro atoms. The summed E-state index contributed by atoms with van der Waals surface area (Å²) in [4.78, 5) is 27.3. The van der Waals surface area contributed by atoms with E-state index >= 15 is 0 Å². The highest BCUT2D eigenvalue weighted by Gasteiger charge is 2.37. The summed E-state index contributed by atoms with van der Waals surface area (Å²) < 4.78 is 9.32. The number of carbonyl (C=O) groups excluding carboxylic acids is 1. The van der Waals surface area contributed by atoms with Gasteiger partial charge in [0.15, 0.2) is 0 Å². The zero-order chi connectivity index (χ0) is 21.8. The Labute approximate surface area is 182 Å². The molecule has 1 aliphatic rings. The second-order valence-corrected chi connectivity index (χ2v) is 7.94. The van der Waals surface area contributed by atoms with E-state index in [1.54, 1.807) is 28.3 Å². The van der Waals surface area contributed by atoms with E-state index in [9.17, 15) is 4.79 Å². The van der Waals surface area contributed by atoms with Gasteiger partial charge in [0.2, 0.25) is 11.7 Å². The predicted molar refractivity (Wildman–Crippen MR) is 114 cm³/mol. The molecule has 10 nitrogen and oxygen atoms in total. The normalized spacial score (nSPS) is 15.9. The van der Waals surface area contributed by atoms with Gasteiger partial charge < -0.3 is 14.3 Å². The highest BCUT2D eigenvalue weighted by Crippen LogP contribution is 2.35. The van der Waals surface area contributed by atoms with Gasteiger partial charge in [-0.25, -0.2) is 14.5 Å². The van der Waals surface area contributed by atoms with E-state index in [1.165, 1.54) is 6.20 Å². The van der Waals surface area contributed by atoms with Crippen molar-refractivity contribution >= 4 is 11.4 Å². The molecule has 0 bridgehead atoms. The first-order valence-electron chi connectivity index (χ1n) is 10.3. The number of oxazole rings is 1. The predicted octanol–water partition coefficient (Wildman–Crippen LogP) is 2.54. The van der Waals surface area contributed by atoms with Crippen molar-refractivity contribution < 1.29 is 9.21 Å². The van der Waals surface area contributed by atoms with Gasteiger partial charge in [-0.05, 0) is 24.6 Å². The van der Waals surface area contributed by atoms with Crippen molar-refractivity contribution in [3.05, 3.63) is 77.7 Å². The zero-order valence-electron chi connectivity index (χ0n) is 17.6. The Bertz CT molecular complexity index is 1460. The first kappa shape index (κ1) is 18.6. The van der Waals surface area contributed by atoms with Crippen LogP contribution in [0.4, 0.5) is 0 Å². The van der Waals surface area contributed by atoms with Gasteiger partial charge in [-0.2, -0.15) is 10.2 Å². The number of nitrogens with zero attached hydrogens (tertiary/aromatic N) is 7. The van der Waals surface area contributed by atoms with E-state index < -0.39 is 6.04 Å². The maximum Gasteiger partial charge on any atom is 0.292 e. The number of hydrogen-bond acceptors (Lipinski definition) is 6. The molecule has 0 saturated carbocycles. The van der Waals surface area contributed by atoms with E-state index in [1.807, 2.05) is 42.9 Å². The van der Waals surface area contributed by atoms with Crippen molar-refractivity contribution in [1.29, 1.82) is 0 Å². The van der Waals surface area contributed by atoms with Crippen molar-refractivity contribution in [2.24, 2.45) is 7.05 Å². The van der Waals surface area contributed by atoms with Crippen molar-refractivity contribution in [3.8, 4) is 11.5 Å². The molecule has 5 aromatic rings. The van der Waals surface area contributed by atoms with Crippen molar-refractivity contribution in [1.82, 2.24) is 39.2 Å². The molecule has 6 rings (SSSR count). The number of aromatic nitrogens is 7. The summed E-state index contributed by atoms with van der Waals surface area (Å²) in [6.45, 7) is 2.55. The number of fused-ring (bicyclic) bond motifs is 2. The molecule has 1 amide bonds. The molecule has 6 heterocycles. The SMILES string of the molecule is Cc1cccn2nc(C3c4nc[nH]c4CCN3C(=O)c3cnc(-c4cnn(C)c4)o3)cc12. The highest BCUT2D eigenvalue weighted by atomic mass is 16.4. The van der Waals surface area contributed by atoms with Gasteiger partial charge in [0.05, 0.1) is 41.2 Å². The average molecular weight is 428 g/mol. The minimum Gasteiger partial charge on any atom is -0.431 e. The smallest absolute Gasteiger partial charge is 0.292 e. The second-order valence-electron chi connectivity index (χ2n) is 7.94. The Balaban J connectivity index is 1.41. The molecule has 32 heavy (non-hydrogen) atoms. The first-order chi connectivity index (χ1) is 15.6. The molecule has 0 radical (unpaired) electrons. The average Bonchev–Trinajstić information content (AvgIpc) is 3.57. The number of pyridine rings is 1. The topological polar surface area (TPSA) is 110 Å². The van der Waals surface area contributed by atoms with Crippen LogP contribution < -0.4 is 0 Å². The molecule has 1 unspecified atom stereocenters. The molecule has 1 N–H and O–H groups in total. The third kappa shape index (κ3) is 2.83. The Hall–Kier alpha value is -4.21. The summed E-state index contributed by atoms with van der Waals surface area (Å²) in [5.74, 6) is 0.284. The van der Waals surface area contributed by atoms with Crippen LogP contribution in [0.5, 0.6) is 0 Å². The van der Waals surface area contributed by atoms with Crippen LogP contribution in [0.1, 0.15) is 39.2 Å². The minimum absolute atomic E-state index is 0.174. The van der Waals surface area contributed by atoms with Crippen LogP contribution in [0.15, 0.2) is 53.7 Å². The van der Waals surface area contributed by atoms with Crippen LogP contribution in [0.3, 0.4) is 0 Å². The summed E-state index contributed by atoms with van der Waals surface area (Å²) in [6, 6.07) is 5.59. The van der Waals surface area contributed by atoms with E-state index in [0.29, 0.717) is 24.4 Å². The Morgan fingerprint density at radius 2 is 2.19 bits per heavy atom. The van der Waals surface area contributed by atoms with Gasteiger partial charge in [0.1, 0.15) is 6.04 Å². The largest absolute Gasteiger partial charge is 0.431 e. The molecule has 1 atom stereocenters. The molecular weight excluding hydrogens is 408 g/mol. The molecule has 10 heteroatoms. The molecule has 0 aliphatic carbocycles. The van der Waals surface area contributed by atoms with Gasteiger partial charge in [-0.3, -0.25) is 9.48 Å². The molecule has 1 aliphatic heterocycles. The van der Waals surface area contributed by atoms with Crippen LogP contribution in [-0.2, 0) is 13.5 Å². The maximum atomic E-state index is 13.5. The Morgan fingerprint density at radius 3 is 3.00 bits per heavy atom. The van der Waals surface area contributed by atoms with E-state index in [-0.39, 0.29) is 11.7 Å². The Morgan fingerprint density at radius 1 is 1.28 bits per heavy atom. The molecule has 160 valence electrons. The van der Waals surface area contributed by atoms with Gasteiger partial charge >= 0.3 is 0 Å². The third-order valence-corrected chi connectivity index (χ3v) is 5.87. The van der Waals surface area contributed by atoms with Crippen LogP contribution in [0.25, 0.3) is 17.0 Å². The number of nitrogens with one attached hydrogen (secondary N) is 1. The molecule has 0 aromatic carbocycles. The number of H-pyrrole nitrogens is 1. The van der Waals surface area contributed by atoms with Crippen LogP contribution >= 0.6 is 0 Å². The van der Waals surface area contributed by atoms with Crippen LogP contribution in [0, 0.1) is 6.92 Å². The molecular formula is C22H20N8O2. The number of rotatable bonds is 3. The van der Waals surface area contributed by atoms with Gasteiger partial charge in [-0.15, -0.1) is 0 Å². The standard InChI is InChI=1S/C22H20N8O2/c1-13-4-3-6-30-17(13)8-16(27-30)20-19-15(24-12-25-19)5-7-29(20)22(31)18-10-23-21(32-18)14-9-26-28(2)11-14/h3-4,6,8-12,20H,5,7H2,1-2H3,(H,24,25). The molecule has 0 saturated heterocycles. The minimum atomic E-state index is -0.427. The van der Waals surface area contributed by atoms with E-state index in [0.717, 1.165) is 28.2 Å². The van der Waals surface area contributed by atoms with E-state index in [2.05, 4.69) is 20.1 Å². The fourth-order valence-corrected chi connectivity index (χ4v) is 4.28. The quantitative estimate of drug-likeness (QED) is 0.473. The molecule has 0 fully saturated rings. The van der Waals surface area contributed by atoms with E-state index in [4.69, 9.17) is 9.52 Å². The second kappa shape index (κ2) is 6.91. The van der Waals surface area contributed by atoms with Crippen molar-refractivity contribution in [2.45, 2.75) is 19.4 Å². The van der Waals surface area contributed by atoms with Gasteiger partial charge in [-0.1, -0.05) is 6.07 Å². The fourth-order valence-electron chi connectivity index (χ4n) is 4.28. The van der Waals surface area contributed by atoms with Gasteiger partial charge in [0.25, 0.3) is 5.91 Å². The van der Waals surface area contributed by atoms with Crippen LogP contribution in [-0.4, -0.2) is 51.7 Å². The summed E-state index contributed by atoms with van der Waals surface area (Å²) >= 11 is 0. The lowest BCUT2D eigenvalue weighted by molar-refractivity contribution is 0.0655. The number of aromatic amines is 1. The van der Waals surface area contributed by atoms with Crippen molar-refractivity contribution in [3.63, 3.8) is 0 Å². The summed E-state index contributed by atoms with van der Waals surface area (Å²) in [7, 11) is 1.81. The van der Waals surface area contributed by atoms with Gasteiger partial charge in [0, 0.05) is 38.1 Å². The fraction of sp³-hybridized carbons (Fsp3) is 0.227. The van der Waals surface area contributed by atoms with Crippen LogP contribution in [0.2, 0.25) is 0 Å².